The van der Waals surface area contributed by atoms with Gasteiger partial charge in [0.2, 0.25) is 0 Å². The second-order valence-electron chi connectivity index (χ2n) is 5.08. The fourth-order valence-electron chi connectivity index (χ4n) is 2.50. The molecule has 1 aromatic heterocycles. The average Bonchev–Trinajstić information content (AvgIpc) is 3.09. The van der Waals surface area contributed by atoms with Crippen molar-refractivity contribution < 1.29 is 4.79 Å². The zero-order valence-corrected chi connectivity index (χ0v) is 14.8. The van der Waals surface area contributed by atoms with Crippen LogP contribution in [0.3, 0.4) is 0 Å². The monoisotopic (exact) mass is 378 g/mol. The molecule has 1 aliphatic heterocycles. The van der Waals surface area contributed by atoms with E-state index in [0.717, 1.165) is 42.2 Å². The summed E-state index contributed by atoms with van der Waals surface area (Å²) in [5, 5.41) is 1.94. The molecular weight excluding hydrogens is 360 g/mol. The Morgan fingerprint density at radius 3 is 2.59 bits per heavy atom. The Bertz CT molecular complexity index is 625. The Labute approximate surface area is 145 Å². The first-order valence-electron chi connectivity index (χ1n) is 7.27. The van der Waals surface area contributed by atoms with Crippen molar-refractivity contribution in [1.29, 1.82) is 0 Å². The smallest absolute Gasteiger partial charge is 0.192 e. The number of para-hydroxylation sites is 1. The van der Waals surface area contributed by atoms with Crippen LogP contribution in [-0.2, 0) is 0 Å². The Kier molecular flexibility index (Phi) is 6.34. The van der Waals surface area contributed by atoms with Crippen LogP contribution in [0.25, 0.3) is 0 Å². The van der Waals surface area contributed by atoms with Crippen LogP contribution in [0.5, 0.6) is 0 Å². The predicted octanol–water partition coefficient (Wildman–Crippen LogP) is 4.60. The fourth-order valence-corrected chi connectivity index (χ4v) is 3.16. The summed E-state index contributed by atoms with van der Waals surface area (Å²) in [6.45, 7) is 1.23. The number of hydrogen-bond donors (Lipinski definition) is 0. The number of aliphatic imine (C=N–C) groups is 1. The highest BCUT2D eigenvalue weighted by atomic mass is 79.9. The molecule has 3 rings (SSSR count). The maximum absolute atomic E-state index is 12.4. The lowest BCUT2D eigenvalue weighted by Crippen LogP contribution is -2.36. The topological polar surface area (TPSA) is 32.7 Å². The van der Waals surface area contributed by atoms with E-state index in [0.29, 0.717) is 6.54 Å². The number of carbonyl (C=O) groups is 1. The number of nitrogens with zero attached hydrogens (tertiary/aromatic N) is 2. The summed E-state index contributed by atoms with van der Waals surface area (Å²) in [6, 6.07) is 13.9. The molecule has 116 valence electrons. The third kappa shape index (κ3) is 4.05. The van der Waals surface area contributed by atoms with Gasteiger partial charge in [-0.2, -0.15) is 0 Å². The molecule has 3 nitrogen and oxygen atoms in total. The standard InChI is InChI=1S/C17H18N2OS.BrH/c20-15(16-9-6-12-21-16)13-19(14-7-2-1-3-8-14)17-10-4-5-11-18-17;/h1-3,6-9,12H,4-5,10-11,13H2;1H. The van der Waals surface area contributed by atoms with E-state index < -0.39 is 0 Å². The molecule has 1 aliphatic rings. The van der Waals surface area contributed by atoms with Gasteiger partial charge in [0.25, 0.3) is 0 Å². The summed E-state index contributed by atoms with van der Waals surface area (Å²) < 4.78 is 0. The minimum atomic E-state index is 0. The van der Waals surface area contributed by atoms with E-state index in [1.807, 2.05) is 47.8 Å². The highest BCUT2D eigenvalue weighted by Crippen LogP contribution is 2.20. The van der Waals surface area contributed by atoms with Crippen molar-refractivity contribution in [2.45, 2.75) is 19.3 Å². The van der Waals surface area contributed by atoms with E-state index in [4.69, 9.17) is 0 Å². The van der Waals surface area contributed by atoms with Gasteiger partial charge in [-0.1, -0.05) is 24.3 Å². The van der Waals surface area contributed by atoms with Gasteiger partial charge in [-0.3, -0.25) is 9.79 Å². The van der Waals surface area contributed by atoms with E-state index >= 15 is 0 Å². The molecule has 1 aromatic carbocycles. The molecule has 0 fully saturated rings. The first-order valence-corrected chi connectivity index (χ1v) is 8.15. The van der Waals surface area contributed by atoms with Gasteiger partial charge in [-0.25, -0.2) is 0 Å². The van der Waals surface area contributed by atoms with Gasteiger partial charge in [0.05, 0.1) is 11.4 Å². The van der Waals surface area contributed by atoms with Crippen LogP contribution < -0.4 is 4.90 Å². The van der Waals surface area contributed by atoms with Crippen LogP contribution in [0.2, 0.25) is 0 Å². The van der Waals surface area contributed by atoms with Crippen LogP contribution in [0, 0.1) is 0 Å². The molecule has 0 N–H and O–H groups in total. The van der Waals surface area contributed by atoms with Gasteiger partial charge in [0.1, 0.15) is 5.84 Å². The summed E-state index contributed by atoms with van der Waals surface area (Å²) in [5.74, 6) is 1.19. The Balaban J connectivity index is 0.00000176. The zero-order valence-electron chi connectivity index (χ0n) is 12.3. The first-order chi connectivity index (χ1) is 10.3. The maximum atomic E-state index is 12.4. The molecule has 0 saturated carbocycles. The number of benzene rings is 1. The van der Waals surface area contributed by atoms with Crippen LogP contribution >= 0.6 is 28.3 Å². The summed E-state index contributed by atoms with van der Waals surface area (Å²) in [4.78, 5) is 20.0. The Morgan fingerprint density at radius 1 is 1.14 bits per heavy atom. The van der Waals surface area contributed by atoms with E-state index in [2.05, 4.69) is 9.89 Å². The van der Waals surface area contributed by atoms with Crippen molar-refractivity contribution in [3.63, 3.8) is 0 Å². The number of Topliss-reactive ketones (excluding diaryl/α,β-unsaturated/α-hetero) is 1. The third-order valence-electron chi connectivity index (χ3n) is 3.58. The highest BCUT2D eigenvalue weighted by molar-refractivity contribution is 8.93. The minimum absolute atomic E-state index is 0. The number of ketones is 1. The Hall–Kier alpha value is -1.46. The largest absolute Gasteiger partial charge is 0.322 e. The molecule has 22 heavy (non-hydrogen) atoms. The highest BCUT2D eigenvalue weighted by Gasteiger charge is 2.20. The number of carbonyl (C=O) groups excluding carboxylic acids is 1. The van der Waals surface area contributed by atoms with Crippen molar-refractivity contribution in [3.05, 3.63) is 52.7 Å². The van der Waals surface area contributed by atoms with E-state index in [1.165, 1.54) is 11.3 Å². The van der Waals surface area contributed by atoms with E-state index in [1.54, 1.807) is 0 Å². The van der Waals surface area contributed by atoms with Crippen molar-refractivity contribution in [3.8, 4) is 0 Å². The lowest BCUT2D eigenvalue weighted by Gasteiger charge is -2.27. The van der Waals surface area contributed by atoms with Crippen molar-refractivity contribution in [2.75, 3.05) is 18.0 Å². The number of rotatable bonds is 4. The first kappa shape index (κ1) is 16.9. The molecule has 0 spiro atoms. The SMILES string of the molecule is Br.O=C(CN(C1=NCCCC1)c1ccccc1)c1cccs1. The van der Waals surface area contributed by atoms with Gasteiger partial charge in [-0.15, -0.1) is 28.3 Å². The van der Waals surface area contributed by atoms with E-state index in [9.17, 15) is 4.79 Å². The summed E-state index contributed by atoms with van der Waals surface area (Å²) in [6.07, 6.45) is 3.24. The van der Waals surface area contributed by atoms with Crippen molar-refractivity contribution >= 4 is 45.6 Å². The minimum Gasteiger partial charge on any atom is -0.322 e. The lowest BCUT2D eigenvalue weighted by atomic mass is 10.1. The van der Waals surface area contributed by atoms with Crippen LogP contribution in [0.1, 0.15) is 28.9 Å². The van der Waals surface area contributed by atoms with E-state index in [-0.39, 0.29) is 22.8 Å². The lowest BCUT2D eigenvalue weighted by molar-refractivity contribution is 0.101. The summed E-state index contributed by atoms with van der Waals surface area (Å²) in [7, 11) is 0. The second kappa shape index (κ2) is 8.25. The Morgan fingerprint density at radius 2 is 1.95 bits per heavy atom. The third-order valence-corrected chi connectivity index (χ3v) is 4.49. The maximum Gasteiger partial charge on any atom is 0.192 e. The van der Waals surface area contributed by atoms with Crippen molar-refractivity contribution in [1.82, 2.24) is 0 Å². The number of amidine groups is 1. The molecule has 0 unspecified atom stereocenters. The van der Waals surface area contributed by atoms with Gasteiger partial charge in [0, 0.05) is 18.7 Å². The normalized spacial score (nSPS) is 13.9. The zero-order chi connectivity index (χ0) is 14.5. The van der Waals surface area contributed by atoms with Gasteiger partial charge < -0.3 is 4.90 Å². The number of thiophene rings is 1. The quantitative estimate of drug-likeness (QED) is 0.728. The molecule has 0 radical (unpaired) electrons. The molecule has 0 saturated heterocycles. The van der Waals surface area contributed by atoms with Crippen LogP contribution in [0.15, 0.2) is 52.8 Å². The number of hydrogen-bond acceptors (Lipinski definition) is 4. The van der Waals surface area contributed by atoms with Gasteiger partial charge in [-0.05, 0) is 36.4 Å². The number of halogens is 1. The van der Waals surface area contributed by atoms with Crippen molar-refractivity contribution in [2.24, 2.45) is 4.99 Å². The molecule has 2 heterocycles. The molecule has 0 bridgehead atoms. The van der Waals surface area contributed by atoms with Crippen LogP contribution in [0.4, 0.5) is 5.69 Å². The molecule has 0 atom stereocenters. The average molecular weight is 379 g/mol. The van der Waals surface area contributed by atoms with Gasteiger partial charge in [0.15, 0.2) is 5.78 Å². The predicted molar refractivity (Wildman–Crippen MR) is 98.9 cm³/mol. The molecule has 0 amide bonds. The molecule has 2 aromatic rings. The molecule has 0 aliphatic carbocycles. The second-order valence-corrected chi connectivity index (χ2v) is 6.02. The number of anilines is 1. The van der Waals surface area contributed by atoms with Gasteiger partial charge >= 0.3 is 0 Å². The molecule has 5 heteroatoms. The summed E-state index contributed by atoms with van der Waals surface area (Å²) >= 11 is 1.50. The summed E-state index contributed by atoms with van der Waals surface area (Å²) in [5.41, 5.74) is 1.04. The fraction of sp³-hybridized carbons (Fsp3) is 0.294. The van der Waals surface area contributed by atoms with Crippen LogP contribution in [-0.4, -0.2) is 24.7 Å². The molecular formula is C17H19BrN2OS.